The quantitative estimate of drug-likeness (QED) is 0.483. The monoisotopic (exact) mass is 441 g/mol. The number of nitrogens with one attached hydrogen (secondary N) is 1. The molecule has 5 rings (SSSR count). The van der Waals surface area contributed by atoms with E-state index in [1.165, 1.54) is 6.20 Å². The second-order valence-corrected chi connectivity index (χ2v) is 7.99. The van der Waals surface area contributed by atoms with Gasteiger partial charge in [-0.25, -0.2) is 4.68 Å². The van der Waals surface area contributed by atoms with Crippen molar-refractivity contribution in [3.63, 3.8) is 0 Å². The molecule has 3 N–H and O–H groups in total. The molecule has 2 aromatic heterocycles. The molecule has 166 valence electrons. The zero-order valence-electron chi connectivity index (χ0n) is 17.9. The Kier molecular flexibility index (Phi) is 5.58. The number of pyridine rings is 1. The lowest BCUT2D eigenvalue weighted by atomic mass is 10.0. The van der Waals surface area contributed by atoms with Crippen molar-refractivity contribution in [3.8, 4) is 11.3 Å². The largest absolute Gasteiger partial charge is 0.366 e. The fourth-order valence-electron chi connectivity index (χ4n) is 4.09. The van der Waals surface area contributed by atoms with Crippen LogP contribution in [0.2, 0.25) is 0 Å². The first-order valence-corrected chi connectivity index (χ1v) is 10.9. The minimum absolute atomic E-state index is 0.164. The van der Waals surface area contributed by atoms with Gasteiger partial charge in [0.2, 0.25) is 5.91 Å². The number of ether oxygens (including phenoxy) is 1. The van der Waals surface area contributed by atoms with E-state index >= 15 is 0 Å². The Labute approximate surface area is 190 Å². The van der Waals surface area contributed by atoms with Gasteiger partial charge in [-0.15, -0.1) is 0 Å². The summed E-state index contributed by atoms with van der Waals surface area (Å²) in [5.74, 6) is -0.746. The van der Waals surface area contributed by atoms with Gasteiger partial charge >= 0.3 is 0 Å². The number of benzene rings is 2. The van der Waals surface area contributed by atoms with Crippen LogP contribution in [-0.4, -0.2) is 33.2 Å². The van der Waals surface area contributed by atoms with E-state index in [4.69, 9.17) is 15.6 Å². The van der Waals surface area contributed by atoms with Crippen molar-refractivity contribution in [1.29, 1.82) is 0 Å². The maximum absolute atomic E-state index is 12.6. The Morgan fingerprint density at radius 2 is 1.97 bits per heavy atom. The van der Waals surface area contributed by atoms with E-state index in [1.807, 2.05) is 35.0 Å². The van der Waals surface area contributed by atoms with Crippen LogP contribution in [0.1, 0.15) is 46.2 Å². The normalized spacial score (nSPS) is 15.9. The fraction of sp³-hybridized carbons (Fsp3) is 0.200. The Balaban J connectivity index is 1.56. The maximum Gasteiger partial charge on any atom is 0.257 e. The number of anilines is 1. The predicted molar refractivity (Wildman–Crippen MR) is 125 cm³/mol. The zero-order chi connectivity index (χ0) is 22.8. The number of hydrogen-bond acceptors (Lipinski definition) is 5. The number of fused-ring (bicyclic) bond motifs is 1. The molecule has 33 heavy (non-hydrogen) atoms. The van der Waals surface area contributed by atoms with Crippen molar-refractivity contribution < 1.29 is 14.3 Å². The molecular weight excluding hydrogens is 418 g/mol. The van der Waals surface area contributed by atoms with Gasteiger partial charge in [0.05, 0.1) is 11.1 Å². The summed E-state index contributed by atoms with van der Waals surface area (Å²) in [5, 5.41) is 8.58. The highest BCUT2D eigenvalue weighted by Gasteiger charge is 2.22. The fourth-order valence-corrected chi connectivity index (χ4v) is 4.09. The summed E-state index contributed by atoms with van der Waals surface area (Å²) in [6.07, 6.45) is 5.94. The van der Waals surface area contributed by atoms with Gasteiger partial charge in [-0.1, -0.05) is 12.1 Å². The van der Waals surface area contributed by atoms with Gasteiger partial charge in [-0.05, 0) is 61.7 Å². The molecule has 1 atom stereocenters. The molecule has 2 amide bonds. The van der Waals surface area contributed by atoms with Gasteiger partial charge in [-0.3, -0.25) is 14.6 Å². The Morgan fingerprint density at radius 1 is 1.06 bits per heavy atom. The predicted octanol–water partition coefficient (Wildman–Crippen LogP) is 4.15. The third-order valence-corrected chi connectivity index (χ3v) is 5.74. The smallest absolute Gasteiger partial charge is 0.257 e. The number of hydrogen-bond donors (Lipinski definition) is 2. The molecule has 8 nitrogen and oxygen atoms in total. The third-order valence-electron chi connectivity index (χ3n) is 5.74. The SMILES string of the molecule is NC(=O)c1ccc2c(c1)c(-c1cccc(NC(=O)c3cccnc3)c1)nn2C1CCCCO1. The molecular formula is C25H23N5O3. The summed E-state index contributed by atoms with van der Waals surface area (Å²) < 4.78 is 7.85. The highest BCUT2D eigenvalue weighted by atomic mass is 16.5. The number of nitrogens with zero attached hydrogens (tertiary/aromatic N) is 3. The standard InChI is InChI=1S/C25H23N5O3/c26-24(31)17-9-10-21-20(14-17)23(29-30(21)22-8-1-2-12-33-22)16-5-3-7-19(13-16)28-25(32)18-6-4-11-27-15-18/h3-7,9-11,13-15,22H,1-2,8,12H2,(H2,26,31)(H,28,32). The molecule has 2 aromatic carbocycles. The Morgan fingerprint density at radius 3 is 2.73 bits per heavy atom. The Bertz CT molecular complexity index is 1330. The molecule has 0 aliphatic carbocycles. The van der Waals surface area contributed by atoms with E-state index in [0.717, 1.165) is 35.7 Å². The first-order valence-electron chi connectivity index (χ1n) is 10.9. The summed E-state index contributed by atoms with van der Waals surface area (Å²) >= 11 is 0. The van der Waals surface area contributed by atoms with Crippen molar-refractivity contribution in [3.05, 3.63) is 78.1 Å². The highest BCUT2D eigenvalue weighted by molar-refractivity contribution is 6.05. The summed E-state index contributed by atoms with van der Waals surface area (Å²) in [6.45, 7) is 0.691. The van der Waals surface area contributed by atoms with E-state index in [0.29, 0.717) is 29.1 Å². The first-order chi connectivity index (χ1) is 16.1. The molecule has 0 bridgehead atoms. The lowest BCUT2D eigenvalue weighted by Crippen LogP contribution is -2.19. The van der Waals surface area contributed by atoms with Crippen LogP contribution in [0.15, 0.2) is 67.0 Å². The summed E-state index contributed by atoms with van der Waals surface area (Å²) in [5.41, 5.74) is 9.41. The third kappa shape index (κ3) is 4.20. The highest BCUT2D eigenvalue weighted by Crippen LogP contribution is 2.34. The molecule has 1 aliphatic heterocycles. The van der Waals surface area contributed by atoms with Gasteiger partial charge in [0.15, 0.2) is 6.23 Å². The van der Waals surface area contributed by atoms with Gasteiger partial charge < -0.3 is 15.8 Å². The van der Waals surface area contributed by atoms with E-state index < -0.39 is 5.91 Å². The number of primary amides is 1. The van der Waals surface area contributed by atoms with Gasteiger partial charge in [0.25, 0.3) is 5.91 Å². The zero-order valence-corrected chi connectivity index (χ0v) is 17.9. The first kappa shape index (κ1) is 20.8. The van der Waals surface area contributed by atoms with Crippen molar-refractivity contribution in [2.24, 2.45) is 5.73 Å². The van der Waals surface area contributed by atoms with Crippen molar-refractivity contribution in [1.82, 2.24) is 14.8 Å². The Hall–Kier alpha value is -4.04. The van der Waals surface area contributed by atoms with Crippen LogP contribution in [0, 0.1) is 0 Å². The van der Waals surface area contributed by atoms with E-state index in [1.54, 1.807) is 30.5 Å². The van der Waals surface area contributed by atoms with Gasteiger partial charge in [0, 0.05) is 41.2 Å². The molecule has 0 saturated carbocycles. The molecule has 1 saturated heterocycles. The number of nitrogens with two attached hydrogens (primary N) is 1. The van der Waals surface area contributed by atoms with Crippen molar-refractivity contribution in [2.75, 3.05) is 11.9 Å². The number of amides is 2. The van der Waals surface area contributed by atoms with Crippen molar-refractivity contribution >= 4 is 28.4 Å². The second-order valence-electron chi connectivity index (χ2n) is 7.99. The number of carbonyl (C=O) groups is 2. The van der Waals surface area contributed by atoms with Gasteiger partial charge in [-0.2, -0.15) is 5.10 Å². The van der Waals surface area contributed by atoms with E-state index in [-0.39, 0.29) is 12.1 Å². The topological polar surface area (TPSA) is 112 Å². The average molecular weight is 441 g/mol. The van der Waals surface area contributed by atoms with Crippen molar-refractivity contribution in [2.45, 2.75) is 25.5 Å². The van der Waals surface area contributed by atoms with E-state index in [9.17, 15) is 9.59 Å². The van der Waals surface area contributed by atoms with Crippen LogP contribution in [0.25, 0.3) is 22.2 Å². The molecule has 1 aliphatic rings. The minimum atomic E-state index is -0.498. The molecule has 1 unspecified atom stereocenters. The molecule has 0 spiro atoms. The summed E-state index contributed by atoms with van der Waals surface area (Å²) in [7, 11) is 0. The molecule has 4 aromatic rings. The number of carbonyl (C=O) groups excluding carboxylic acids is 2. The van der Waals surface area contributed by atoms with Crippen LogP contribution in [-0.2, 0) is 4.74 Å². The maximum atomic E-state index is 12.6. The molecule has 0 radical (unpaired) electrons. The van der Waals surface area contributed by atoms with Crippen LogP contribution in [0.5, 0.6) is 0 Å². The van der Waals surface area contributed by atoms with Crippen LogP contribution < -0.4 is 11.1 Å². The van der Waals surface area contributed by atoms with E-state index in [2.05, 4.69) is 10.3 Å². The lowest BCUT2D eigenvalue weighted by molar-refractivity contribution is -0.0365. The lowest BCUT2D eigenvalue weighted by Gasteiger charge is -2.23. The molecule has 8 heteroatoms. The minimum Gasteiger partial charge on any atom is -0.366 e. The molecule has 3 heterocycles. The van der Waals surface area contributed by atoms with Crippen LogP contribution >= 0.6 is 0 Å². The number of aromatic nitrogens is 3. The molecule has 1 fully saturated rings. The summed E-state index contributed by atoms with van der Waals surface area (Å²) in [6, 6.07) is 16.2. The van der Waals surface area contributed by atoms with Crippen LogP contribution in [0.4, 0.5) is 5.69 Å². The van der Waals surface area contributed by atoms with Gasteiger partial charge in [0.1, 0.15) is 5.69 Å². The summed E-state index contributed by atoms with van der Waals surface area (Å²) in [4.78, 5) is 28.4. The number of rotatable bonds is 5. The van der Waals surface area contributed by atoms with Crippen LogP contribution in [0.3, 0.4) is 0 Å². The second kappa shape index (κ2) is 8.84. The average Bonchev–Trinajstić information content (AvgIpc) is 3.24.